The lowest BCUT2D eigenvalue weighted by Crippen LogP contribution is -2.46. The number of hydrogen-bond acceptors (Lipinski definition) is 3. The molecule has 1 atom stereocenters. The Hall–Kier alpha value is -2.37. The third kappa shape index (κ3) is 3.63. The van der Waals surface area contributed by atoms with E-state index in [1.807, 2.05) is 0 Å². The minimum Gasteiger partial charge on any atom is -0.456 e. The zero-order valence-electron chi connectivity index (χ0n) is 13.0. The van der Waals surface area contributed by atoms with Crippen molar-refractivity contribution in [2.24, 2.45) is 0 Å². The van der Waals surface area contributed by atoms with Crippen molar-refractivity contribution in [2.75, 3.05) is 0 Å². The van der Waals surface area contributed by atoms with E-state index in [1.54, 1.807) is 27.7 Å². The van der Waals surface area contributed by atoms with Gasteiger partial charge < -0.3 is 15.4 Å². The molecule has 1 heterocycles. The second kappa shape index (κ2) is 5.79. The van der Waals surface area contributed by atoms with Crippen LogP contribution in [0.25, 0.3) is 0 Å². The summed E-state index contributed by atoms with van der Waals surface area (Å²) in [6, 6.07) is 4.53. The van der Waals surface area contributed by atoms with Gasteiger partial charge in [0.1, 0.15) is 11.4 Å². The van der Waals surface area contributed by atoms with Crippen LogP contribution in [0.15, 0.2) is 35.5 Å². The third-order valence-electron chi connectivity index (χ3n) is 3.09. The summed E-state index contributed by atoms with van der Waals surface area (Å²) in [5, 5.41) is 5.23. The van der Waals surface area contributed by atoms with E-state index in [-0.39, 0.29) is 5.82 Å². The molecule has 1 aliphatic rings. The molecule has 2 N–H and O–H groups in total. The first-order valence-electron chi connectivity index (χ1n) is 6.94. The minimum atomic E-state index is -0.677. The molecule has 0 unspecified atom stereocenters. The summed E-state index contributed by atoms with van der Waals surface area (Å²) in [7, 11) is 0. The van der Waals surface area contributed by atoms with Gasteiger partial charge in [-0.15, -0.1) is 0 Å². The molecule has 22 heavy (non-hydrogen) atoms. The van der Waals surface area contributed by atoms with E-state index in [4.69, 9.17) is 4.74 Å². The van der Waals surface area contributed by atoms with Gasteiger partial charge in [0, 0.05) is 5.70 Å². The molecular formula is C16H19FN2O3. The molecule has 1 aromatic carbocycles. The smallest absolute Gasteiger partial charge is 0.338 e. The van der Waals surface area contributed by atoms with Crippen molar-refractivity contribution in [1.29, 1.82) is 0 Å². The maximum atomic E-state index is 13.1. The largest absolute Gasteiger partial charge is 0.456 e. The average Bonchev–Trinajstić information content (AvgIpc) is 2.36. The lowest BCUT2D eigenvalue weighted by Gasteiger charge is -2.30. The van der Waals surface area contributed by atoms with Crippen LogP contribution in [0.1, 0.15) is 39.3 Å². The van der Waals surface area contributed by atoms with Gasteiger partial charge in [-0.2, -0.15) is 0 Å². The van der Waals surface area contributed by atoms with E-state index in [0.29, 0.717) is 16.8 Å². The highest BCUT2D eigenvalue weighted by Crippen LogP contribution is 2.28. The monoisotopic (exact) mass is 306 g/mol. The quantitative estimate of drug-likeness (QED) is 0.826. The average molecular weight is 306 g/mol. The van der Waals surface area contributed by atoms with Crippen LogP contribution in [0.5, 0.6) is 0 Å². The molecular weight excluding hydrogens is 287 g/mol. The van der Waals surface area contributed by atoms with Crippen molar-refractivity contribution in [3.8, 4) is 0 Å². The van der Waals surface area contributed by atoms with Gasteiger partial charge in [-0.25, -0.2) is 14.0 Å². The fourth-order valence-corrected chi connectivity index (χ4v) is 2.20. The Bertz CT molecular complexity index is 630. The lowest BCUT2D eigenvalue weighted by molar-refractivity contribution is -0.150. The first-order chi connectivity index (χ1) is 10.2. The van der Waals surface area contributed by atoms with Crippen molar-refractivity contribution in [3.63, 3.8) is 0 Å². The van der Waals surface area contributed by atoms with Gasteiger partial charge in [-0.05, 0) is 45.4 Å². The van der Waals surface area contributed by atoms with Crippen LogP contribution in [0.3, 0.4) is 0 Å². The van der Waals surface area contributed by atoms with E-state index < -0.39 is 23.6 Å². The van der Waals surface area contributed by atoms with Gasteiger partial charge in [-0.1, -0.05) is 12.1 Å². The van der Waals surface area contributed by atoms with Crippen molar-refractivity contribution >= 4 is 12.0 Å². The van der Waals surface area contributed by atoms with Crippen LogP contribution in [0, 0.1) is 5.82 Å². The van der Waals surface area contributed by atoms with Crippen molar-refractivity contribution in [1.82, 2.24) is 10.6 Å². The number of carbonyl (C=O) groups is 2. The van der Waals surface area contributed by atoms with Crippen molar-refractivity contribution in [3.05, 3.63) is 46.9 Å². The number of urea groups is 1. The second-order valence-electron chi connectivity index (χ2n) is 6.12. The summed E-state index contributed by atoms with van der Waals surface area (Å²) >= 11 is 0. The number of amides is 2. The Morgan fingerprint density at radius 3 is 2.36 bits per heavy atom. The van der Waals surface area contributed by atoms with Crippen LogP contribution in [0.2, 0.25) is 0 Å². The van der Waals surface area contributed by atoms with Crippen molar-refractivity contribution < 1.29 is 18.7 Å². The fraction of sp³-hybridized carbons (Fsp3) is 0.375. The predicted molar refractivity (Wildman–Crippen MR) is 79.4 cm³/mol. The van der Waals surface area contributed by atoms with Gasteiger partial charge in [0.15, 0.2) is 0 Å². The normalized spacial score (nSPS) is 18.6. The van der Waals surface area contributed by atoms with Crippen molar-refractivity contribution in [2.45, 2.75) is 39.3 Å². The molecule has 0 fully saturated rings. The molecule has 0 radical (unpaired) electrons. The summed E-state index contributed by atoms with van der Waals surface area (Å²) in [6.07, 6.45) is 0. The number of ether oxygens (including phenoxy) is 1. The number of allylic oxidation sites excluding steroid dienone is 1. The first-order valence-corrected chi connectivity index (χ1v) is 6.94. The number of nitrogens with one attached hydrogen (secondary N) is 2. The third-order valence-corrected chi connectivity index (χ3v) is 3.09. The molecule has 0 spiro atoms. The fourth-order valence-electron chi connectivity index (χ4n) is 2.20. The van der Waals surface area contributed by atoms with E-state index >= 15 is 0 Å². The van der Waals surface area contributed by atoms with Crippen LogP contribution in [-0.2, 0) is 9.53 Å². The van der Waals surface area contributed by atoms with E-state index in [1.165, 1.54) is 24.3 Å². The number of hydrogen-bond donors (Lipinski definition) is 2. The Kier molecular flexibility index (Phi) is 4.21. The Morgan fingerprint density at radius 2 is 1.82 bits per heavy atom. The molecule has 2 amide bonds. The Labute approximate surface area is 128 Å². The highest BCUT2D eigenvalue weighted by molar-refractivity contribution is 5.95. The molecule has 1 aliphatic heterocycles. The molecule has 0 saturated heterocycles. The van der Waals surface area contributed by atoms with Gasteiger partial charge in [0.05, 0.1) is 11.6 Å². The molecule has 5 nitrogen and oxygen atoms in total. The number of esters is 1. The summed E-state index contributed by atoms with van der Waals surface area (Å²) in [4.78, 5) is 24.1. The number of benzene rings is 1. The van der Waals surface area contributed by atoms with Gasteiger partial charge in [0.2, 0.25) is 0 Å². The Morgan fingerprint density at radius 1 is 1.23 bits per heavy atom. The number of rotatable bonds is 2. The molecule has 0 aliphatic carbocycles. The number of carbonyl (C=O) groups excluding carboxylic acids is 2. The second-order valence-corrected chi connectivity index (χ2v) is 6.12. The van der Waals surface area contributed by atoms with E-state index in [9.17, 15) is 14.0 Å². The summed E-state index contributed by atoms with van der Waals surface area (Å²) < 4.78 is 18.5. The molecule has 118 valence electrons. The standard InChI is InChI=1S/C16H19FN2O3/c1-9-12(14(20)22-16(2,3)4)13(19-15(21)18-9)10-5-7-11(17)8-6-10/h5-8,13H,1-4H3,(H2,18,19,21)/t13-/m1/s1. The van der Waals surface area contributed by atoms with Gasteiger partial charge >= 0.3 is 12.0 Å². The summed E-state index contributed by atoms with van der Waals surface area (Å²) in [5.74, 6) is -0.907. The zero-order valence-corrected chi connectivity index (χ0v) is 13.0. The number of halogens is 1. The van der Waals surface area contributed by atoms with Crippen LogP contribution < -0.4 is 10.6 Å². The summed E-state index contributed by atoms with van der Waals surface area (Å²) in [5.41, 5.74) is 0.684. The lowest BCUT2D eigenvalue weighted by atomic mass is 9.95. The minimum absolute atomic E-state index is 0.307. The maximum absolute atomic E-state index is 13.1. The van der Waals surface area contributed by atoms with Crippen LogP contribution >= 0.6 is 0 Å². The van der Waals surface area contributed by atoms with Crippen LogP contribution in [0.4, 0.5) is 9.18 Å². The van der Waals surface area contributed by atoms with Crippen LogP contribution in [-0.4, -0.2) is 17.6 Å². The predicted octanol–water partition coefficient (Wildman–Crippen LogP) is 2.80. The molecule has 1 aromatic rings. The summed E-state index contributed by atoms with van der Waals surface area (Å²) in [6.45, 7) is 6.93. The maximum Gasteiger partial charge on any atom is 0.338 e. The molecule has 0 aromatic heterocycles. The topological polar surface area (TPSA) is 67.4 Å². The molecule has 0 saturated carbocycles. The zero-order chi connectivity index (χ0) is 16.5. The first kappa shape index (κ1) is 16.0. The highest BCUT2D eigenvalue weighted by Gasteiger charge is 2.33. The van der Waals surface area contributed by atoms with E-state index in [0.717, 1.165) is 0 Å². The molecule has 6 heteroatoms. The van der Waals surface area contributed by atoms with E-state index in [2.05, 4.69) is 10.6 Å². The molecule has 2 rings (SSSR count). The van der Waals surface area contributed by atoms with Gasteiger partial charge in [0.25, 0.3) is 0 Å². The SMILES string of the molecule is CC1=C(C(=O)OC(C)(C)C)[C@@H](c2ccc(F)cc2)NC(=O)N1. The van der Waals surface area contributed by atoms with Gasteiger partial charge in [-0.3, -0.25) is 0 Å². The Balaban J connectivity index is 2.41. The highest BCUT2D eigenvalue weighted by atomic mass is 19.1. The molecule has 0 bridgehead atoms.